The molecule has 0 aromatic carbocycles. The highest BCUT2D eigenvalue weighted by molar-refractivity contribution is 7.79. The molecule has 0 radical (unpaired) electrons. The second-order valence-electron chi connectivity index (χ2n) is 2.30. The van der Waals surface area contributed by atoms with E-state index < -0.39 is 11.1 Å². The lowest BCUT2D eigenvalue weighted by Gasteiger charge is -1.89. The zero-order chi connectivity index (χ0) is 8.55. The van der Waals surface area contributed by atoms with E-state index in [9.17, 15) is 4.21 Å². The summed E-state index contributed by atoms with van der Waals surface area (Å²) < 4.78 is 19.5. The standard InChI is InChI=1S/C7H6N2O2S/c10-12(11)6-4-9-5-2-1-3-8-7(5)6/h1-4,9H,(H,10,11). The van der Waals surface area contributed by atoms with E-state index in [0.717, 1.165) is 5.52 Å². The average Bonchev–Trinajstić information content (AvgIpc) is 2.47. The molecule has 5 heteroatoms. The maximum absolute atomic E-state index is 10.7. The van der Waals surface area contributed by atoms with Crippen LogP contribution in [-0.2, 0) is 11.1 Å². The van der Waals surface area contributed by atoms with Gasteiger partial charge in [0.2, 0.25) is 0 Å². The number of aromatic amines is 1. The smallest absolute Gasteiger partial charge is 0.190 e. The second kappa shape index (κ2) is 2.69. The summed E-state index contributed by atoms with van der Waals surface area (Å²) in [5, 5.41) is 0. The van der Waals surface area contributed by atoms with Gasteiger partial charge in [0.1, 0.15) is 10.4 Å². The van der Waals surface area contributed by atoms with Crippen LogP contribution in [0.25, 0.3) is 11.0 Å². The Bertz CT molecular complexity index is 438. The maximum atomic E-state index is 10.7. The van der Waals surface area contributed by atoms with Gasteiger partial charge in [-0.3, -0.25) is 4.98 Å². The highest BCUT2D eigenvalue weighted by atomic mass is 32.2. The Labute approximate surface area is 70.9 Å². The van der Waals surface area contributed by atoms with E-state index in [4.69, 9.17) is 4.55 Å². The van der Waals surface area contributed by atoms with Crippen LogP contribution in [0.2, 0.25) is 0 Å². The molecule has 0 saturated heterocycles. The highest BCUT2D eigenvalue weighted by Gasteiger charge is 2.07. The number of fused-ring (bicyclic) bond motifs is 1. The third kappa shape index (κ3) is 1.03. The summed E-state index contributed by atoms with van der Waals surface area (Å²) in [5.74, 6) is 0. The van der Waals surface area contributed by atoms with Crippen molar-refractivity contribution < 1.29 is 8.76 Å². The second-order valence-corrected chi connectivity index (χ2v) is 3.24. The molecule has 2 rings (SSSR count). The number of aromatic nitrogens is 2. The van der Waals surface area contributed by atoms with Crippen molar-refractivity contribution in [1.82, 2.24) is 9.97 Å². The lowest BCUT2D eigenvalue weighted by molar-refractivity contribution is 0.565. The first-order chi connectivity index (χ1) is 5.79. The Morgan fingerprint density at radius 3 is 3.17 bits per heavy atom. The number of H-pyrrole nitrogens is 1. The fourth-order valence-electron chi connectivity index (χ4n) is 1.06. The van der Waals surface area contributed by atoms with Gasteiger partial charge in [-0.1, -0.05) is 0 Å². The molecule has 0 amide bonds. The van der Waals surface area contributed by atoms with Gasteiger partial charge in [0.15, 0.2) is 11.1 Å². The zero-order valence-electron chi connectivity index (χ0n) is 6.02. The molecule has 0 aliphatic heterocycles. The van der Waals surface area contributed by atoms with Crippen molar-refractivity contribution in [3.05, 3.63) is 24.5 Å². The predicted octanol–water partition coefficient (Wildman–Crippen LogP) is 1.14. The van der Waals surface area contributed by atoms with Gasteiger partial charge in [-0.25, -0.2) is 4.21 Å². The van der Waals surface area contributed by atoms with Crippen LogP contribution in [0.4, 0.5) is 0 Å². The molecule has 4 nitrogen and oxygen atoms in total. The summed E-state index contributed by atoms with van der Waals surface area (Å²) in [7, 11) is 0. The summed E-state index contributed by atoms with van der Waals surface area (Å²) in [6.45, 7) is 0. The number of nitrogens with zero attached hydrogens (tertiary/aromatic N) is 1. The number of hydrogen-bond acceptors (Lipinski definition) is 2. The number of hydrogen-bond donors (Lipinski definition) is 2. The van der Waals surface area contributed by atoms with Gasteiger partial charge in [-0.05, 0) is 12.1 Å². The van der Waals surface area contributed by atoms with Gasteiger partial charge >= 0.3 is 0 Å². The Kier molecular flexibility index (Phi) is 1.67. The topological polar surface area (TPSA) is 66.0 Å². The quantitative estimate of drug-likeness (QED) is 0.650. The van der Waals surface area contributed by atoms with Gasteiger partial charge in [0, 0.05) is 12.4 Å². The molecule has 0 fully saturated rings. The van der Waals surface area contributed by atoms with Crippen LogP contribution < -0.4 is 0 Å². The molecule has 0 aliphatic rings. The van der Waals surface area contributed by atoms with Gasteiger partial charge in [-0.2, -0.15) is 0 Å². The molecule has 0 spiro atoms. The Hall–Kier alpha value is -1.20. The molecule has 2 heterocycles. The predicted molar refractivity (Wildman–Crippen MR) is 45.1 cm³/mol. The summed E-state index contributed by atoms with van der Waals surface area (Å²) in [5.41, 5.74) is 1.33. The highest BCUT2D eigenvalue weighted by Crippen LogP contribution is 2.16. The Morgan fingerprint density at radius 1 is 1.58 bits per heavy atom. The minimum atomic E-state index is -1.97. The van der Waals surface area contributed by atoms with Crippen LogP contribution >= 0.6 is 0 Å². The van der Waals surface area contributed by atoms with E-state index in [1.54, 1.807) is 18.3 Å². The Morgan fingerprint density at radius 2 is 2.42 bits per heavy atom. The summed E-state index contributed by atoms with van der Waals surface area (Å²) in [6, 6.07) is 3.57. The zero-order valence-corrected chi connectivity index (χ0v) is 6.84. The summed E-state index contributed by atoms with van der Waals surface area (Å²) in [4.78, 5) is 7.16. The minimum absolute atomic E-state index is 0.325. The third-order valence-corrected chi connectivity index (χ3v) is 2.28. The lowest BCUT2D eigenvalue weighted by atomic mass is 10.4. The number of pyridine rings is 1. The molecule has 62 valence electrons. The molecule has 1 unspecified atom stereocenters. The first-order valence-corrected chi connectivity index (χ1v) is 4.42. The molecule has 2 aromatic heterocycles. The van der Waals surface area contributed by atoms with Crippen LogP contribution in [0.1, 0.15) is 0 Å². The summed E-state index contributed by atoms with van der Waals surface area (Å²) >= 11 is -1.97. The van der Waals surface area contributed by atoms with Crippen LogP contribution in [0.15, 0.2) is 29.4 Å². The average molecular weight is 182 g/mol. The van der Waals surface area contributed by atoms with E-state index in [-0.39, 0.29) is 0 Å². The van der Waals surface area contributed by atoms with E-state index in [2.05, 4.69) is 9.97 Å². The van der Waals surface area contributed by atoms with Crippen LogP contribution in [0, 0.1) is 0 Å². The van der Waals surface area contributed by atoms with E-state index >= 15 is 0 Å². The number of rotatable bonds is 1. The molecule has 12 heavy (non-hydrogen) atoms. The molecular formula is C7H6N2O2S. The molecule has 1 atom stereocenters. The maximum Gasteiger partial charge on any atom is 0.190 e. The number of nitrogens with one attached hydrogen (secondary N) is 1. The van der Waals surface area contributed by atoms with Crippen molar-refractivity contribution in [2.75, 3.05) is 0 Å². The van der Waals surface area contributed by atoms with Crippen molar-refractivity contribution in [1.29, 1.82) is 0 Å². The molecule has 0 bridgehead atoms. The van der Waals surface area contributed by atoms with Crippen molar-refractivity contribution in [2.45, 2.75) is 4.90 Å². The third-order valence-electron chi connectivity index (χ3n) is 1.59. The van der Waals surface area contributed by atoms with E-state index in [1.165, 1.54) is 6.20 Å². The first-order valence-electron chi connectivity index (χ1n) is 3.32. The molecular weight excluding hydrogens is 176 g/mol. The SMILES string of the molecule is O=S(O)c1c[nH]c2cccnc12. The molecule has 0 aliphatic carbocycles. The van der Waals surface area contributed by atoms with Gasteiger partial charge < -0.3 is 9.54 Å². The Balaban J connectivity index is 2.79. The van der Waals surface area contributed by atoms with Crippen LogP contribution in [0.3, 0.4) is 0 Å². The van der Waals surface area contributed by atoms with Gasteiger partial charge in [0.25, 0.3) is 0 Å². The largest absolute Gasteiger partial charge is 0.359 e. The van der Waals surface area contributed by atoms with Crippen molar-refractivity contribution >= 4 is 22.1 Å². The van der Waals surface area contributed by atoms with Gasteiger partial charge in [0.05, 0.1) is 5.52 Å². The van der Waals surface area contributed by atoms with Crippen LogP contribution in [-0.4, -0.2) is 18.7 Å². The van der Waals surface area contributed by atoms with E-state index in [1.807, 2.05) is 0 Å². The minimum Gasteiger partial charge on any atom is -0.359 e. The summed E-state index contributed by atoms with van der Waals surface area (Å²) in [6.07, 6.45) is 3.08. The fourth-order valence-corrected chi connectivity index (χ4v) is 1.55. The van der Waals surface area contributed by atoms with E-state index in [0.29, 0.717) is 10.4 Å². The van der Waals surface area contributed by atoms with Crippen molar-refractivity contribution in [3.63, 3.8) is 0 Å². The van der Waals surface area contributed by atoms with Crippen LogP contribution in [0.5, 0.6) is 0 Å². The van der Waals surface area contributed by atoms with Crippen molar-refractivity contribution in [3.8, 4) is 0 Å². The fraction of sp³-hybridized carbons (Fsp3) is 0. The molecule has 2 aromatic rings. The molecule has 0 saturated carbocycles. The monoisotopic (exact) mass is 182 g/mol. The lowest BCUT2D eigenvalue weighted by Crippen LogP contribution is -1.86. The molecule has 2 N–H and O–H groups in total. The van der Waals surface area contributed by atoms with Gasteiger partial charge in [-0.15, -0.1) is 0 Å². The normalized spacial score (nSPS) is 13.4. The van der Waals surface area contributed by atoms with Crippen molar-refractivity contribution in [2.24, 2.45) is 0 Å². The first kappa shape index (κ1) is 7.45.